The van der Waals surface area contributed by atoms with Gasteiger partial charge < -0.3 is 4.42 Å². The molecule has 3 aromatic heterocycles. The first-order chi connectivity index (χ1) is 15.4. The molecule has 8 heteroatoms. The number of nitrogens with zero attached hydrogens (tertiary/aromatic N) is 4. The van der Waals surface area contributed by atoms with Crippen molar-refractivity contribution < 1.29 is 9.21 Å². The van der Waals surface area contributed by atoms with Crippen LogP contribution in [0.3, 0.4) is 0 Å². The highest BCUT2D eigenvalue weighted by atomic mass is 35.5. The van der Waals surface area contributed by atoms with Crippen LogP contribution in [0.25, 0.3) is 21.2 Å². The van der Waals surface area contributed by atoms with Crippen LogP contribution in [0.15, 0.2) is 52.9 Å². The number of furan rings is 1. The van der Waals surface area contributed by atoms with Crippen LogP contribution in [0.1, 0.15) is 27.5 Å². The number of anilines is 1. The molecule has 0 radical (unpaired) electrons. The number of thiazole rings is 1. The number of hydrogen-bond acceptors (Lipinski definition) is 5. The van der Waals surface area contributed by atoms with Crippen molar-refractivity contribution in [3.05, 3.63) is 76.3 Å². The van der Waals surface area contributed by atoms with Gasteiger partial charge in [-0.2, -0.15) is 5.10 Å². The molecule has 0 N–H and O–H groups in total. The molecule has 2 aromatic carbocycles. The summed E-state index contributed by atoms with van der Waals surface area (Å²) in [4.78, 5) is 20.1. The first-order valence-corrected chi connectivity index (χ1v) is 11.5. The summed E-state index contributed by atoms with van der Waals surface area (Å²) in [5, 5.41) is 6.69. The van der Waals surface area contributed by atoms with Gasteiger partial charge in [-0.1, -0.05) is 41.1 Å². The van der Waals surface area contributed by atoms with Gasteiger partial charge in [-0.15, -0.1) is 0 Å². The minimum atomic E-state index is -0.231. The molecule has 0 saturated carbocycles. The number of rotatable bonds is 5. The van der Waals surface area contributed by atoms with E-state index >= 15 is 0 Å². The highest BCUT2D eigenvalue weighted by Crippen LogP contribution is 2.34. The average molecular weight is 465 g/mol. The fourth-order valence-corrected chi connectivity index (χ4v) is 5.01. The Morgan fingerprint density at radius 3 is 2.72 bits per heavy atom. The van der Waals surface area contributed by atoms with Crippen LogP contribution in [0.2, 0.25) is 5.02 Å². The predicted molar refractivity (Wildman–Crippen MR) is 129 cm³/mol. The van der Waals surface area contributed by atoms with Crippen molar-refractivity contribution in [3.63, 3.8) is 0 Å². The highest BCUT2D eigenvalue weighted by Gasteiger charge is 2.25. The fraction of sp³-hybridized carbons (Fsp3) is 0.208. The molecule has 0 bridgehead atoms. The van der Waals surface area contributed by atoms with E-state index in [9.17, 15) is 4.79 Å². The molecule has 1 amide bonds. The highest BCUT2D eigenvalue weighted by molar-refractivity contribution is 7.22. The quantitative estimate of drug-likeness (QED) is 0.312. The predicted octanol–water partition coefficient (Wildman–Crippen LogP) is 6.16. The first kappa shape index (κ1) is 20.7. The lowest BCUT2D eigenvalue weighted by Crippen LogP contribution is -2.34. The molecule has 0 aliphatic carbocycles. The summed E-state index contributed by atoms with van der Waals surface area (Å²) in [6, 6.07) is 15.2. The van der Waals surface area contributed by atoms with Gasteiger partial charge in [-0.05, 0) is 56.7 Å². The summed E-state index contributed by atoms with van der Waals surface area (Å²) in [5.41, 5.74) is 4.39. The number of amides is 1. The van der Waals surface area contributed by atoms with Gasteiger partial charge in [-0.3, -0.25) is 14.4 Å². The van der Waals surface area contributed by atoms with Crippen LogP contribution >= 0.6 is 22.9 Å². The molecule has 0 saturated heterocycles. The molecular formula is C24H21ClN4O2S. The molecule has 0 aliphatic heterocycles. The number of para-hydroxylation sites is 1. The van der Waals surface area contributed by atoms with Crippen LogP contribution < -0.4 is 4.90 Å². The van der Waals surface area contributed by atoms with Crippen molar-refractivity contribution in [2.75, 3.05) is 11.4 Å². The SMILES string of the molecule is Cc1cc(C)n(CCN(C(=O)c2cc3ccccc3o2)c2nc3c(C)c(Cl)ccc3s2)n1. The summed E-state index contributed by atoms with van der Waals surface area (Å²) >= 11 is 7.77. The Hall–Kier alpha value is -3.16. The second-order valence-corrected chi connectivity index (χ2v) is 9.19. The van der Waals surface area contributed by atoms with Gasteiger partial charge in [0.15, 0.2) is 10.9 Å². The van der Waals surface area contributed by atoms with Crippen LogP contribution in [0.4, 0.5) is 5.13 Å². The maximum Gasteiger partial charge on any atom is 0.295 e. The largest absolute Gasteiger partial charge is 0.451 e. The Bertz CT molecular complexity index is 1430. The Balaban J connectivity index is 1.55. The summed E-state index contributed by atoms with van der Waals surface area (Å²) in [7, 11) is 0. The summed E-state index contributed by atoms with van der Waals surface area (Å²) in [6.07, 6.45) is 0. The first-order valence-electron chi connectivity index (χ1n) is 10.3. The van der Waals surface area contributed by atoms with E-state index in [1.54, 1.807) is 11.0 Å². The van der Waals surface area contributed by atoms with Gasteiger partial charge in [0.1, 0.15) is 5.58 Å². The van der Waals surface area contributed by atoms with E-state index in [-0.39, 0.29) is 11.7 Å². The van der Waals surface area contributed by atoms with E-state index in [0.717, 1.165) is 32.6 Å². The summed E-state index contributed by atoms with van der Waals surface area (Å²) in [5.74, 6) is 0.0547. The number of halogens is 1. The number of carbonyl (C=O) groups excluding carboxylic acids is 1. The van der Waals surface area contributed by atoms with Crippen LogP contribution in [-0.4, -0.2) is 27.2 Å². The van der Waals surface area contributed by atoms with E-state index in [4.69, 9.17) is 21.0 Å². The van der Waals surface area contributed by atoms with Gasteiger partial charge in [0.25, 0.3) is 5.91 Å². The zero-order valence-electron chi connectivity index (χ0n) is 17.9. The maximum atomic E-state index is 13.6. The number of aryl methyl sites for hydroxylation is 3. The summed E-state index contributed by atoms with van der Waals surface area (Å²) < 4.78 is 8.76. The minimum absolute atomic E-state index is 0.231. The maximum absolute atomic E-state index is 13.6. The normalized spacial score (nSPS) is 11.5. The Labute approximate surface area is 194 Å². The number of carbonyl (C=O) groups is 1. The summed E-state index contributed by atoms with van der Waals surface area (Å²) in [6.45, 7) is 6.86. The van der Waals surface area contributed by atoms with Crippen molar-refractivity contribution in [2.24, 2.45) is 0 Å². The second-order valence-electron chi connectivity index (χ2n) is 7.77. The molecule has 5 rings (SSSR count). The monoisotopic (exact) mass is 464 g/mol. The van der Waals surface area contributed by atoms with Gasteiger partial charge >= 0.3 is 0 Å². The number of benzene rings is 2. The number of aromatic nitrogens is 3. The molecule has 0 spiro atoms. The third-order valence-electron chi connectivity index (χ3n) is 5.49. The molecule has 3 heterocycles. The van der Waals surface area contributed by atoms with Crippen LogP contribution in [0.5, 0.6) is 0 Å². The molecular weight excluding hydrogens is 444 g/mol. The van der Waals surface area contributed by atoms with Crippen molar-refractivity contribution in [1.29, 1.82) is 0 Å². The van der Waals surface area contributed by atoms with E-state index in [1.165, 1.54) is 11.3 Å². The molecule has 162 valence electrons. The topological polar surface area (TPSA) is 64.2 Å². The lowest BCUT2D eigenvalue weighted by atomic mass is 10.2. The van der Waals surface area contributed by atoms with E-state index in [0.29, 0.717) is 28.8 Å². The molecule has 0 fully saturated rings. The third-order valence-corrected chi connectivity index (χ3v) is 6.94. The van der Waals surface area contributed by atoms with Crippen molar-refractivity contribution >= 4 is 55.2 Å². The molecule has 32 heavy (non-hydrogen) atoms. The van der Waals surface area contributed by atoms with Gasteiger partial charge in [0, 0.05) is 22.6 Å². The number of hydrogen-bond donors (Lipinski definition) is 0. The van der Waals surface area contributed by atoms with Crippen LogP contribution in [-0.2, 0) is 6.54 Å². The Morgan fingerprint density at radius 2 is 1.97 bits per heavy atom. The zero-order valence-corrected chi connectivity index (χ0v) is 19.5. The molecule has 0 unspecified atom stereocenters. The van der Waals surface area contributed by atoms with Crippen molar-refractivity contribution in [1.82, 2.24) is 14.8 Å². The van der Waals surface area contributed by atoms with Gasteiger partial charge in [0.05, 0.1) is 22.5 Å². The van der Waals surface area contributed by atoms with E-state index < -0.39 is 0 Å². The van der Waals surface area contributed by atoms with Gasteiger partial charge in [-0.25, -0.2) is 4.98 Å². The molecule has 6 nitrogen and oxygen atoms in total. The zero-order chi connectivity index (χ0) is 22.4. The third kappa shape index (κ3) is 3.67. The van der Waals surface area contributed by atoms with Crippen LogP contribution in [0, 0.1) is 20.8 Å². The Kier molecular flexibility index (Phi) is 5.23. The van der Waals surface area contributed by atoms with Gasteiger partial charge in [0.2, 0.25) is 0 Å². The molecule has 0 aliphatic rings. The fourth-order valence-electron chi connectivity index (χ4n) is 3.80. The number of fused-ring (bicyclic) bond motifs is 2. The average Bonchev–Trinajstić information content (AvgIpc) is 3.47. The minimum Gasteiger partial charge on any atom is -0.451 e. The second kappa shape index (κ2) is 8.07. The molecule has 5 aromatic rings. The lowest BCUT2D eigenvalue weighted by molar-refractivity contribution is 0.0961. The van der Waals surface area contributed by atoms with Crippen molar-refractivity contribution in [2.45, 2.75) is 27.3 Å². The van der Waals surface area contributed by atoms with Crippen molar-refractivity contribution in [3.8, 4) is 0 Å². The molecule has 0 atom stereocenters. The van der Waals surface area contributed by atoms with E-state index in [2.05, 4.69) is 5.10 Å². The Morgan fingerprint density at radius 1 is 1.16 bits per heavy atom. The smallest absolute Gasteiger partial charge is 0.295 e. The lowest BCUT2D eigenvalue weighted by Gasteiger charge is -2.19. The van der Waals surface area contributed by atoms with E-state index in [1.807, 2.05) is 67.9 Å². The standard InChI is InChI=1S/C24H21ClN4O2S/c1-14-12-15(2)29(27-14)11-10-28(23(30)20-13-17-6-4-5-7-19(17)31-20)24-26-22-16(3)18(25)8-9-21(22)32-24/h4-9,12-13H,10-11H2,1-3H3.